The Hall–Kier alpha value is -2.79. The van der Waals surface area contributed by atoms with E-state index >= 15 is 0 Å². The fraction of sp³-hybridized carbons (Fsp3) is 0.240. The van der Waals surface area contributed by atoms with Gasteiger partial charge in [0.2, 0.25) is 0 Å². The monoisotopic (exact) mass is 463 g/mol. The number of piperidine rings is 1. The second-order valence-corrected chi connectivity index (χ2v) is 8.54. The molecule has 0 saturated carbocycles. The summed E-state index contributed by atoms with van der Waals surface area (Å²) in [5, 5.41) is 0. The van der Waals surface area contributed by atoms with Crippen LogP contribution in [0.25, 0.3) is 0 Å². The van der Waals surface area contributed by atoms with Crippen molar-refractivity contribution in [3.63, 3.8) is 0 Å². The molecule has 0 unspecified atom stereocenters. The number of hydrogen-bond acceptors (Lipinski definition) is 3. The van der Waals surface area contributed by atoms with E-state index in [0.29, 0.717) is 17.1 Å². The third-order valence-electron chi connectivity index (χ3n) is 5.72. The molecule has 0 aliphatic carbocycles. The highest BCUT2D eigenvalue weighted by atomic mass is 79.9. The van der Waals surface area contributed by atoms with Gasteiger partial charge in [-0.3, -0.25) is 4.79 Å². The van der Waals surface area contributed by atoms with E-state index in [1.165, 1.54) is 6.42 Å². The Labute approximate surface area is 184 Å². The number of rotatable bonds is 3. The van der Waals surface area contributed by atoms with Crippen molar-refractivity contribution >= 4 is 21.8 Å². The van der Waals surface area contributed by atoms with Crippen LogP contribution in [0.4, 0.5) is 0 Å². The van der Waals surface area contributed by atoms with Crippen LogP contribution in [-0.2, 0) is 5.79 Å². The molecule has 0 N–H and O–H groups in total. The van der Waals surface area contributed by atoms with Crippen molar-refractivity contribution < 1.29 is 14.3 Å². The molecule has 1 saturated heterocycles. The van der Waals surface area contributed by atoms with Gasteiger partial charge in [0.05, 0.1) is 5.56 Å². The molecule has 1 fully saturated rings. The maximum atomic E-state index is 13.1. The van der Waals surface area contributed by atoms with Crippen molar-refractivity contribution in [2.45, 2.75) is 25.0 Å². The standard InChI is InChI=1S/C25H22BrNO3/c26-21-17-23-22(16-20(21)24(28)27-14-8-3-9-15-27)29-25(30-23,18-10-4-1-5-11-18)19-12-6-2-7-13-19/h1-2,4-7,10-13,16-17H,3,8-9,14-15H2. The lowest BCUT2D eigenvalue weighted by molar-refractivity contribution is -0.0459. The average Bonchev–Trinajstić information content (AvgIpc) is 3.19. The Bertz CT molecular complexity index is 1020. The number of carbonyl (C=O) groups is 1. The summed E-state index contributed by atoms with van der Waals surface area (Å²) in [5.74, 6) is 0.137. The summed E-state index contributed by atoms with van der Waals surface area (Å²) >= 11 is 3.58. The quantitative estimate of drug-likeness (QED) is 0.496. The van der Waals surface area contributed by atoms with Crippen LogP contribution < -0.4 is 9.47 Å². The third kappa shape index (κ3) is 3.27. The number of fused-ring (bicyclic) bond motifs is 1. The summed E-state index contributed by atoms with van der Waals surface area (Å²) in [4.78, 5) is 15.0. The summed E-state index contributed by atoms with van der Waals surface area (Å²) in [6, 6.07) is 23.4. The molecular weight excluding hydrogens is 442 g/mol. The van der Waals surface area contributed by atoms with Crippen LogP contribution in [0.3, 0.4) is 0 Å². The number of amides is 1. The second kappa shape index (κ2) is 7.80. The molecular formula is C25H22BrNO3. The lowest BCUT2D eigenvalue weighted by Gasteiger charge is -2.28. The van der Waals surface area contributed by atoms with Gasteiger partial charge in [-0.15, -0.1) is 0 Å². The lowest BCUT2D eigenvalue weighted by atomic mass is 9.97. The number of hydrogen-bond donors (Lipinski definition) is 0. The van der Waals surface area contributed by atoms with Crippen LogP contribution in [0.1, 0.15) is 40.7 Å². The molecule has 2 aliphatic rings. The summed E-state index contributed by atoms with van der Waals surface area (Å²) in [6.07, 6.45) is 3.29. The van der Waals surface area contributed by atoms with Crippen LogP contribution in [0.2, 0.25) is 0 Å². The predicted octanol–water partition coefficient (Wildman–Crippen LogP) is 5.75. The summed E-state index contributed by atoms with van der Waals surface area (Å²) in [7, 11) is 0. The van der Waals surface area contributed by atoms with Crippen molar-refractivity contribution in [1.29, 1.82) is 0 Å². The topological polar surface area (TPSA) is 38.8 Å². The van der Waals surface area contributed by atoms with Crippen molar-refractivity contribution in [3.8, 4) is 11.5 Å². The Morgan fingerprint density at radius 1 is 0.800 bits per heavy atom. The fourth-order valence-corrected chi connectivity index (χ4v) is 4.67. The molecule has 152 valence electrons. The van der Waals surface area contributed by atoms with Gasteiger partial charge in [0.25, 0.3) is 5.91 Å². The van der Waals surface area contributed by atoms with Crippen LogP contribution in [-0.4, -0.2) is 23.9 Å². The first-order chi connectivity index (χ1) is 14.7. The molecule has 2 aliphatic heterocycles. The predicted molar refractivity (Wildman–Crippen MR) is 119 cm³/mol. The smallest absolute Gasteiger partial charge is 0.305 e. The normalized spacial score (nSPS) is 17.0. The van der Waals surface area contributed by atoms with Gasteiger partial charge in [-0.2, -0.15) is 0 Å². The van der Waals surface area contributed by atoms with Crippen LogP contribution in [0.5, 0.6) is 11.5 Å². The van der Waals surface area contributed by atoms with Crippen LogP contribution in [0, 0.1) is 0 Å². The third-order valence-corrected chi connectivity index (χ3v) is 6.38. The van der Waals surface area contributed by atoms with Crippen LogP contribution >= 0.6 is 15.9 Å². The van der Waals surface area contributed by atoms with Crippen molar-refractivity contribution in [2.75, 3.05) is 13.1 Å². The number of ether oxygens (including phenoxy) is 2. The lowest BCUT2D eigenvalue weighted by Crippen LogP contribution is -2.36. The number of nitrogens with zero attached hydrogens (tertiary/aromatic N) is 1. The van der Waals surface area contributed by atoms with Gasteiger partial charge in [0.15, 0.2) is 11.5 Å². The minimum Gasteiger partial charge on any atom is -0.440 e. The molecule has 5 rings (SSSR count). The van der Waals surface area contributed by atoms with Crippen LogP contribution in [0.15, 0.2) is 77.3 Å². The molecule has 3 aromatic carbocycles. The van der Waals surface area contributed by atoms with E-state index in [1.54, 1.807) is 0 Å². The Morgan fingerprint density at radius 2 is 1.33 bits per heavy atom. The van der Waals surface area contributed by atoms with Crippen molar-refractivity contribution in [3.05, 3.63) is 94.0 Å². The van der Waals surface area contributed by atoms with Gasteiger partial charge < -0.3 is 14.4 Å². The molecule has 0 aromatic heterocycles. The van der Waals surface area contributed by atoms with E-state index in [2.05, 4.69) is 15.9 Å². The molecule has 4 nitrogen and oxygen atoms in total. The molecule has 0 radical (unpaired) electrons. The highest BCUT2D eigenvalue weighted by molar-refractivity contribution is 9.10. The van der Waals surface area contributed by atoms with Gasteiger partial charge in [-0.05, 0) is 47.3 Å². The maximum Gasteiger partial charge on any atom is 0.305 e. The summed E-state index contributed by atoms with van der Waals surface area (Å²) in [5.41, 5.74) is 2.40. The molecule has 2 heterocycles. The molecule has 0 spiro atoms. The zero-order valence-corrected chi connectivity index (χ0v) is 18.1. The van der Waals surface area contributed by atoms with E-state index in [4.69, 9.17) is 9.47 Å². The van der Waals surface area contributed by atoms with Crippen molar-refractivity contribution in [1.82, 2.24) is 4.90 Å². The van der Waals surface area contributed by atoms with Gasteiger partial charge in [-0.25, -0.2) is 0 Å². The van der Waals surface area contributed by atoms with Crippen molar-refractivity contribution in [2.24, 2.45) is 0 Å². The first-order valence-electron chi connectivity index (χ1n) is 10.3. The van der Waals surface area contributed by atoms with Gasteiger partial charge in [0, 0.05) is 28.7 Å². The minimum atomic E-state index is -1.09. The summed E-state index contributed by atoms with van der Waals surface area (Å²) < 4.78 is 13.7. The molecule has 30 heavy (non-hydrogen) atoms. The molecule has 1 amide bonds. The van der Waals surface area contributed by atoms with Gasteiger partial charge in [0.1, 0.15) is 0 Å². The van der Waals surface area contributed by atoms with Gasteiger partial charge >= 0.3 is 5.79 Å². The molecule has 0 bridgehead atoms. The fourth-order valence-electron chi connectivity index (χ4n) is 4.17. The second-order valence-electron chi connectivity index (χ2n) is 7.68. The zero-order valence-electron chi connectivity index (χ0n) is 16.5. The van der Waals surface area contributed by atoms with E-state index in [1.807, 2.05) is 77.7 Å². The largest absolute Gasteiger partial charge is 0.440 e. The molecule has 5 heteroatoms. The van der Waals surface area contributed by atoms with E-state index < -0.39 is 5.79 Å². The minimum absolute atomic E-state index is 0.0323. The Morgan fingerprint density at radius 3 is 1.90 bits per heavy atom. The van der Waals surface area contributed by atoms with E-state index in [9.17, 15) is 4.79 Å². The first-order valence-corrected chi connectivity index (χ1v) is 11.1. The highest BCUT2D eigenvalue weighted by Crippen LogP contribution is 2.49. The van der Waals surface area contributed by atoms with E-state index in [-0.39, 0.29) is 5.91 Å². The maximum absolute atomic E-state index is 13.1. The number of benzene rings is 3. The SMILES string of the molecule is O=C(c1cc2c(cc1Br)OC(c1ccccc1)(c1ccccc1)O2)N1CCCCC1. The Balaban J connectivity index is 1.56. The van der Waals surface area contributed by atoms with E-state index in [0.717, 1.165) is 41.5 Å². The zero-order chi connectivity index (χ0) is 20.6. The highest BCUT2D eigenvalue weighted by Gasteiger charge is 2.46. The number of likely N-dealkylation sites (tertiary alicyclic amines) is 1. The van der Waals surface area contributed by atoms with Gasteiger partial charge in [-0.1, -0.05) is 60.7 Å². The summed E-state index contributed by atoms with van der Waals surface area (Å²) in [6.45, 7) is 1.61. The Kier molecular flexibility index (Phi) is 4.99. The molecule has 3 aromatic rings. The number of carbonyl (C=O) groups excluding carboxylic acids is 1. The average molecular weight is 464 g/mol. The number of halogens is 1. The molecule has 0 atom stereocenters. The first kappa shape index (κ1) is 19.2.